The zero-order chi connectivity index (χ0) is 16.3. The second kappa shape index (κ2) is 6.34. The van der Waals surface area contributed by atoms with E-state index in [9.17, 15) is 22.4 Å². The number of benzene rings is 1. The molecule has 0 aromatic heterocycles. The molecule has 21 heavy (non-hydrogen) atoms. The maximum absolute atomic E-state index is 13.5. The van der Waals surface area contributed by atoms with Gasteiger partial charge in [-0.2, -0.15) is 0 Å². The summed E-state index contributed by atoms with van der Waals surface area (Å²) in [4.78, 5) is 23.2. The molecule has 0 fully saturated rings. The van der Waals surface area contributed by atoms with Crippen LogP contribution in [0.2, 0.25) is 0 Å². The molecule has 1 aromatic rings. The summed E-state index contributed by atoms with van der Waals surface area (Å²) in [6.45, 7) is 4.22. The van der Waals surface area contributed by atoms with E-state index in [-0.39, 0.29) is 6.61 Å². The number of hydrogen-bond donors (Lipinski definition) is 0. The molecule has 0 bridgehead atoms. The van der Waals surface area contributed by atoms with Crippen molar-refractivity contribution in [1.29, 1.82) is 0 Å². The Morgan fingerprint density at radius 2 is 1.81 bits per heavy atom. The Labute approximate surface area is 123 Å². The summed E-state index contributed by atoms with van der Waals surface area (Å²) in [5.41, 5.74) is -1.60. The van der Waals surface area contributed by atoms with Crippen LogP contribution in [0.1, 0.15) is 20.8 Å². The van der Waals surface area contributed by atoms with Gasteiger partial charge in [-0.15, -0.1) is 0 Å². The quantitative estimate of drug-likeness (QED) is 0.590. The molecule has 0 aliphatic carbocycles. The third-order valence-corrected chi connectivity index (χ3v) is 4.62. The van der Waals surface area contributed by atoms with Crippen molar-refractivity contribution in [2.45, 2.75) is 25.7 Å². The molecular weight excluding hydrogens is 299 g/mol. The molecule has 0 atom stereocenters. The molecule has 1 aromatic carbocycles. The van der Waals surface area contributed by atoms with Crippen molar-refractivity contribution in [2.24, 2.45) is 5.41 Å². The summed E-state index contributed by atoms with van der Waals surface area (Å²) < 4.78 is 42.4. The summed E-state index contributed by atoms with van der Waals surface area (Å²) in [6.07, 6.45) is 0. The number of ketones is 1. The normalized spacial score (nSPS) is 12.0. The maximum Gasteiger partial charge on any atom is 0.319 e. The number of Topliss-reactive ketones (excluding diaryl/α,β-unsaturated/α-hetero) is 1. The first-order valence-electron chi connectivity index (χ1n) is 6.30. The predicted octanol–water partition coefficient (Wildman–Crippen LogP) is 1.76. The van der Waals surface area contributed by atoms with Gasteiger partial charge >= 0.3 is 5.97 Å². The van der Waals surface area contributed by atoms with E-state index < -0.39 is 43.5 Å². The fourth-order valence-corrected chi connectivity index (χ4v) is 3.07. The Morgan fingerprint density at radius 1 is 1.24 bits per heavy atom. The van der Waals surface area contributed by atoms with Gasteiger partial charge in [0.05, 0.1) is 6.61 Å². The van der Waals surface area contributed by atoms with Crippen LogP contribution < -0.4 is 0 Å². The van der Waals surface area contributed by atoms with E-state index in [4.69, 9.17) is 4.74 Å². The number of sulfone groups is 1. The summed E-state index contributed by atoms with van der Waals surface area (Å²) in [6, 6.07) is 4.78. The first kappa shape index (κ1) is 17.3. The molecule has 0 heterocycles. The number of rotatable bonds is 6. The van der Waals surface area contributed by atoms with Crippen LogP contribution in [0.5, 0.6) is 0 Å². The topological polar surface area (TPSA) is 77.5 Å². The van der Waals surface area contributed by atoms with Crippen molar-refractivity contribution in [3.63, 3.8) is 0 Å². The van der Waals surface area contributed by atoms with Crippen molar-refractivity contribution < 1.29 is 27.1 Å². The van der Waals surface area contributed by atoms with E-state index in [1.165, 1.54) is 26.0 Å². The van der Waals surface area contributed by atoms with Gasteiger partial charge in [-0.1, -0.05) is 12.1 Å². The van der Waals surface area contributed by atoms with Crippen LogP contribution in [-0.4, -0.2) is 32.5 Å². The minimum atomic E-state index is -4.15. The molecule has 5 nitrogen and oxygen atoms in total. The van der Waals surface area contributed by atoms with Gasteiger partial charge in [0.1, 0.15) is 21.9 Å². The van der Waals surface area contributed by atoms with Gasteiger partial charge in [-0.3, -0.25) is 9.59 Å². The molecule has 0 saturated carbocycles. The van der Waals surface area contributed by atoms with Gasteiger partial charge in [0.15, 0.2) is 15.6 Å². The second-order valence-electron chi connectivity index (χ2n) is 4.96. The van der Waals surface area contributed by atoms with Crippen LogP contribution in [0.15, 0.2) is 29.2 Å². The van der Waals surface area contributed by atoms with Crippen LogP contribution in [-0.2, 0) is 24.2 Å². The third-order valence-electron chi connectivity index (χ3n) is 2.98. The molecule has 0 aliphatic rings. The minimum Gasteiger partial charge on any atom is -0.465 e. The number of ether oxygens (including phenoxy) is 1. The number of carbonyl (C=O) groups is 2. The van der Waals surface area contributed by atoms with Crippen LogP contribution in [0, 0.1) is 11.2 Å². The number of hydrogen-bond acceptors (Lipinski definition) is 5. The molecule has 7 heteroatoms. The molecule has 0 aliphatic heterocycles. The van der Waals surface area contributed by atoms with E-state index in [1.54, 1.807) is 6.92 Å². The SMILES string of the molecule is CCOC(=O)C(C)(C)C(=O)CS(=O)(=O)c1ccccc1F. The zero-order valence-electron chi connectivity index (χ0n) is 12.1. The lowest BCUT2D eigenvalue weighted by Crippen LogP contribution is -2.39. The summed E-state index contributed by atoms with van der Waals surface area (Å²) in [7, 11) is -4.15. The number of carbonyl (C=O) groups excluding carboxylic acids is 2. The van der Waals surface area contributed by atoms with Crippen molar-refractivity contribution >= 4 is 21.6 Å². The smallest absolute Gasteiger partial charge is 0.319 e. The predicted molar refractivity (Wildman–Crippen MR) is 73.9 cm³/mol. The average molecular weight is 316 g/mol. The van der Waals surface area contributed by atoms with Gasteiger partial charge in [0.25, 0.3) is 0 Å². The summed E-state index contributed by atoms with van der Waals surface area (Å²) in [5, 5.41) is 0. The van der Waals surface area contributed by atoms with Crippen LogP contribution in [0.4, 0.5) is 4.39 Å². The van der Waals surface area contributed by atoms with Gasteiger partial charge in [0, 0.05) is 0 Å². The molecule has 0 N–H and O–H groups in total. The molecule has 0 unspecified atom stereocenters. The van der Waals surface area contributed by atoms with E-state index in [0.717, 1.165) is 12.1 Å². The number of esters is 1. The van der Waals surface area contributed by atoms with E-state index in [0.29, 0.717) is 0 Å². The average Bonchev–Trinajstić information content (AvgIpc) is 2.38. The lowest BCUT2D eigenvalue weighted by Gasteiger charge is -2.20. The Balaban J connectivity index is 3.02. The third kappa shape index (κ3) is 3.87. The van der Waals surface area contributed by atoms with Crippen molar-refractivity contribution in [3.8, 4) is 0 Å². The molecule has 1 rings (SSSR count). The first-order chi connectivity index (χ1) is 9.63. The maximum atomic E-state index is 13.5. The fourth-order valence-electron chi connectivity index (χ4n) is 1.55. The Hall–Kier alpha value is -1.76. The van der Waals surface area contributed by atoms with Crippen LogP contribution in [0.3, 0.4) is 0 Å². The van der Waals surface area contributed by atoms with Gasteiger partial charge in [-0.25, -0.2) is 12.8 Å². The fraction of sp³-hybridized carbons (Fsp3) is 0.429. The first-order valence-corrected chi connectivity index (χ1v) is 7.96. The van der Waals surface area contributed by atoms with Gasteiger partial charge in [0.2, 0.25) is 0 Å². The van der Waals surface area contributed by atoms with E-state index >= 15 is 0 Å². The molecule has 0 amide bonds. The lowest BCUT2D eigenvalue weighted by atomic mass is 9.89. The van der Waals surface area contributed by atoms with Crippen molar-refractivity contribution in [2.75, 3.05) is 12.4 Å². The Kier molecular flexibility index (Phi) is 5.22. The molecule has 0 radical (unpaired) electrons. The Bertz CT molecular complexity index is 649. The molecule has 116 valence electrons. The minimum absolute atomic E-state index is 0.0790. The van der Waals surface area contributed by atoms with E-state index in [2.05, 4.69) is 0 Å². The standard InChI is InChI=1S/C14H17FO5S/c1-4-20-13(17)14(2,3)12(16)9-21(18,19)11-8-6-5-7-10(11)15/h5-8H,4,9H2,1-3H3. The monoisotopic (exact) mass is 316 g/mol. The highest BCUT2D eigenvalue weighted by molar-refractivity contribution is 7.92. The highest BCUT2D eigenvalue weighted by Crippen LogP contribution is 2.23. The Morgan fingerprint density at radius 3 is 2.33 bits per heavy atom. The summed E-state index contributed by atoms with van der Waals surface area (Å²) >= 11 is 0. The molecule has 0 spiro atoms. The van der Waals surface area contributed by atoms with Crippen molar-refractivity contribution in [1.82, 2.24) is 0 Å². The molecule has 0 saturated heterocycles. The summed E-state index contributed by atoms with van der Waals surface area (Å²) in [5.74, 6) is -3.54. The molecular formula is C14H17FO5S. The number of halogens is 1. The lowest BCUT2D eigenvalue weighted by molar-refractivity contribution is -0.157. The largest absolute Gasteiger partial charge is 0.465 e. The second-order valence-corrected chi connectivity index (χ2v) is 6.92. The highest BCUT2D eigenvalue weighted by Gasteiger charge is 2.40. The van der Waals surface area contributed by atoms with Crippen LogP contribution in [0.25, 0.3) is 0 Å². The van der Waals surface area contributed by atoms with E-state index in [1.807, 2.05) is 0 Å². The van der Waals surface area contributed by atoms with Gasteiger partial charge in [-0.05, 0) is 32.9 Å². The van der Waals surface area contributed by atoms with Gasteiger partial charge < -0.3 is 4.74 Å². The zero-order valence-corrected chi connectivity index (χ0v) is 12.9. The highest BCUT2D eigenvalue weighted by atomic mass is 32.2. The van der Waals surface area contributed by atoms with Crippen molar-refractivity contribution in [3.05, 3.63) is 30.1 Å². The van der Waals surface area contributed by atoms with Crippen LogP contribution >= 0.6 is 0 Å².